The molecule has 16 heavy (non-hydrogen) atoms. The zero-order valence-corrected chi connectivity index (χ0v) is 9.06. The number of carboxylic acids is 1. The third-order valence-corrected chi connectivity index (χ3v) is 2.14. The lowest BCUT2D eigenvalue weighted by atomic mass is 10.1. The molecule has 0 saturated carbocycles. The summed E-state index contributed by atoms with van der Waals surface area (Å²) in [5, 5.41) is 11.7. The number of unbranched alkanes of at least 4 members (excludes halogenated alkanes) is 1. The van der Waals surface area contributed by atoms with Gasteiger partial charge in [-0.05, 0) is 6.42 Å². The van der Waals surface area contributed by atoms with E-state index in [2.05, 4.69) is 15.3 Å². The first-order chi connectivity index (χ1) is 7.63. The molecular formula is C10H15N3O3. The van der Waals surface area contributed by atoms with Gasteiger partial charge in [-0.25, -0.2) is 9.78 Å². The molecule has 0 aromatic carbocycles. The van der Waals surface area contributed by atoms with Crippen molar-refractivity contribution in [2.75, 3.05) is 5.32 Å². The first kappa shape index (κ1) is 12.2. The maximum Gasteiger partial charge on any atom is 0.326 e. The lowest BCUT2D eigenvalue weighted by Crippen LogP contribution is -2.30. The van der Waals surface area contributed by atoms with Crippen LogP contribution in [0.2, 0.25) is 0 Å². The smallest absolute Gasteiger partial charge is 0.326 e. The first-order valence-corrected chi connectivity index (χ1v) is 5.17. The predicted molar refractivity (Wildman–Crippen MR) is 59.4 cm³/mol. The summed E-state index contributed by atoms with van der Waals surface area (Å²) < 4.78 is 0. The van der Waals surface area contributed by atoms with Gasteiger partial charge in [0, 0.05) is 6.07 Å². The summed E-state index contributed by atoms with van der Waals surface area (Å²) in [6, 6.07) is 0.538. The first-order valence-electron chi connectivity index (χ1n) is 5.17. The second-order valence-corrected chi connectivity index (χ2v) is 3.47. The van der Waals surface area contributed by atoms with Gasteiger partial charge in [-0.1, -0.05) is 19.8 Å². The van der Waals surface area contributed by atoms with E-state index in [0.29, 0.717) is 6.42 Å². The number of H-pyrrole nitrogens is 1. The van der Waals surface area contributed by atoms with Crippen LogP contribution in [0.4, 0.5) is 5.82 Å². The molecular weight excluding hydrogens is 210 g/mol. The molecule has 0 fully saturated rings. The van der Waals surface area contributed by atoms with E-state index < -0.39 is 12.0 Å². The summed E-state index contributed by atoms with van der Waals surface area (Å²) in [5.41, 5.74) is -0.308. The number of hydrogen-bond donors (Lipinski definition) is 3. The van der Waals surface area contributed by atoms with Gasteiger partial charge in [-0.2, -0.15) is 0 Å². The third-order valence-electron chi connectivity index (χ3n) is 2.14. The Bertz CT molecular complexity index is 402. The number of anilines is 1. The van der Waals surface area contributed by atoms with Crippen molar-refractivity contribution in [1.29, 1.82) is 0 Å². The van der Waals surface area contributed by atoms with Gasteiger partial charge in [0.15, 0.2) is 0 Å². The number of hydrogen-bond acceptors (Lipinski definition) is 4. The summed E-state index contributed by atoms with van der Waals surface area (Å²) in [4.78, 5) is 28.1. The minimum Gasteiger partial charge on any atom is -0.480 e. The van der Waals surface area contributed by atoms with Crippen LogP contribution in [0.3, 0.4) is 0 Å². The van der Waals surface area contributed by atoms with Crippen LogP contribution in [0.25, 0.3) is 0 Å². The molecule has 0 radical (unpaired) electrons. The number of aromatic nitrogens is 2. The molecule has 88 valence electrons. The average molecular weight is 225 g/mol. The van der Waals surface area contributed by atoms with E-state index in [1.165, 1.54) is 12.4 Å². The number of nitrogens with zero attached hydrogens (tertiary/aromatic N) is 1. The highest BCUT2D eigenvalue weighted by atomic mass is 16.4. The SMILES string of the molecule is CCCCC(Nc1cc(=O)[nH]cn1)C(=O)O. The summed E-state index contributed by atoms with van der Waals surface area (Å²) in [5.74, 6) is -0.650. The van der Waals surface area contributed by atoms with E-state index in [4.69, 9.17) is 5.11 Å². The summed E-state index contributed by atoms with van der Waals surface area (Å²) >= 11 is 0. The number of aliphatic carboxylic acids is 1. The second kappa shape index (κ2) is 5.89. The van der Waals surface area contributed by atoms with Crippen molar-refractivity contribution >= 4 is 11.8 Å². The number of carbonyl (C=O) groups is 1. The Kier molecular flexibility index (Phi) is 4.50. The van der Waals surface area contributed by atoms with Crippen molar-refractivity contribution in [3.63, 3.8) is 0 Å². The van der Waals surface area contributed by atoms with E-state index >= 15 is 0 Å². The van der Waals surface area contributed by atoms with E-state index in [1.54, 1.807) is 0 Å². The van der Waals surface area contributed by atoms with Gasteiger partial charge in [-0.15, -0.1) is 0 Å². The maximum absolute atomic E-state index is 11.0. The summed E-state index contributed by atoms with van der Waals surface area (Å²) in [6.45, 7) is 1.99. The molecule has 1 rings (SSSR count). The van der Waals surface area contributed by atoms with Crippen molar-refractivity contribution in [3.8, 4) is 0 Å². The molecule has 0 amide bonds. The summed E-state index contributed by atoms with van der Waals surface area (Å²) in [7, 11) is 0. The lowest BCUT2D eigenvalue weighted by Gasteiger charge is -2.13. The monoisotopic (exact) mass is 225 g/mol. The largest absolute Gasteiger partial charge is 0.480 e. The maximum atomic E-state index is 11.0. The van der Waals surface area contributed by atoms with Gasteiger partial charge in [0.25, 0.3) is 5.56 Å². The van der Waals surface area contributed by atoms with Crippen molar-refractivity contribution in [3.05, 3.63) is 22.7 Å². The van der Waals surface area contributed by atoms with Gasteiger partial charge in [0.05, 0.1) is 6.33 Å². The highest BCUT2D eigenvalue weighted by Crippen LogP contribution is 2.07. The molecule has 6 heteroatoms. The fourth-order valence-corrected chi connectivity index (χ4v) is 1.29. The van der Waals surface area contributed by atoms with E-state index in [-0.39, 0.29) is 11.4 Å². The van der Waals surface area contributed by atoms with Gasteiger partial charge < -0.3 is 15.4 Å². The molecule has 6 nitrogen and oxygen atoms in total. The van der Waals surface area contributed by atoms with Crippen molar-refractivity contribution in [2.45, 2.75) is 32.2 Å². The van der Waals surface area contributed by atoms with Crippen LogP contribution in [-0.2, 0) is 4.79 Å². The molecule has 1 heterocycles. The van der Waals surface area contributed by atoms with Crippen molar-refractivity contribution in [1.82, 2.24) is 9.97 Å². The van der Waals surface area contributed by atoms with Crippen molar-refractivity contribution < 1.29 is 9.90 Å². The average Bonchev–Trinajstić information content (AvgIpc) is 2.24. The highest BCUT2D eigenvalue weighted by Gasteiger charge is 2.16. The molecule has 0 spiro atoms. The van der Waals surface area contributed by atoms with Crippen LogP contribution < -0.4 is 10.9 Å². The van der Waals surface area contributed by atoms with Gasteiger partial charge >= 0.3 is 5.97 Å². The second-order valence-electron chi connectivity index (χ2n) is 3.47. The molecule has 1 aromatic heterocycles. The molecule has 1 atom stereocenters. The standard InChI is InChI=1S/C10H15N3O3/c1-2-3-4-7(10(15)16)13-8-5-9(14)12-6-11-8/h5-7H,2-4H2,1H3,(H,15,16)(H2,11,12,13,14). The van der Waals surface area contributed by atoms with E-state index in [9.17, 15) is 9.59 Å². The molecule has 0 saturated heterocycles. The Hall–Kier alpha value is -1.85. The quantitative estimate of drug-likeness (QED) is 0.666. The van der Waals surface area contributed by atoms with Gasteiger partial charge in [-0.3, -0.25) is 4.79 Å². The minimum absolute atomic E-state index is 0.284. The van der Waals surface area contributed by atoms with Crippen LogP contribution >= 0.6 is 0 Å². The fraction of sp³-hybridized carbons (Fsp3) is 0.500. The molecule has 0 aliphatic carbocycles. The Morgan fingerprint density at radius 2 is 2.44 bits per heavy atom. The van der Waals surface area contributed by atoms with E-state index in [1.807, 2.05) is 6.92 Å². The lowest BCUT2D eigenvalue weighted by molar-refractivity contribution is -0.138. The third kappa shape index (κ3) is 3.72. The highest BCUT2D eigenvalue weighted by molar-refractivity contribution is 5.76. The van der Waals surface area contributed by atoms with Crippen LogP contribution in [0.15, 0.2) is 17.2 Å². The Labute approximate surface area is 92.7 Å². The predicted octanol–water partition coefficient (Wildman–Crippen LogP) is 0.825. The van der Waals surface area contributed by atoms with Crippen LogP contribution in [0.1, 0.15) is 26.2 Å². The zero-order chi connectivity index (χ0) is 12.0. The normalized spacial score (nSPS) is 12.1. The van der Waals surface area contributed by atoms with Gasteiger partial charge in [0.1, 0.15) is 11.9 Å². The molecule has 0 aliphatic rings. The van der Waals surface area contributed by atoms with Crippen molar-refractivity contribution in [2.24, 2.45) is 0 Å². The Morgan fingerprint density at radius 3 is 3.00 bits per heavy atom. The molecule has 1 unspecified atom stereocenters. The number of aromatic amines is 1. The molecule has 3 N–H and O–H groups in total. The zero-order valence-electron chi connectivity index (χ0n) is 9.06. The number of nitrogens with one attached hydrogen (secondary N) is 2. The van der Waals surface area contributed by atoms with Crippen LogP contribution in [0.5, 0.6) is 0 Å². The number of rotatable bonds is 6. The minimum atomic E-state index is -0.935. The molecule has 1 aromatic rings. The molecule has 0 aliphatic heterocycles. The Morgan fingerprint density at radius 1 is 1.69 bits per heavy atom. The van der Waals surface area contributed by atoms with Crippen LogP contribution in [0, 0.1) is 0 Å². The summed E-state index contributed by atoms with van der Waals surface area (Å²) in [6.07, 6.45) is 3.49. The van der Waals surface area contributed by atoms with E-state index in [0.717, 1.165) is 12.8 Å². The van der Waals surface area contributed by atoms with Crippen LogP contribution in [-0.4, -0.2) is 27.1 Å². The van der Waals surface area contributed by atoms with Gasteiger partial charge in [0.2, 0.25) is 0 Å². The topological polar surface area (TPSA) is 95.1 Å². The molecule has 0 bridgehead atoms. The fourth-order valence-electron chi connectivity index (χ4n) is 1.29. The Balaban J connectivity index is 2.67. The number of carboxylic acid groups (broad SMARTS) is 1.